The molecular formula is C15H17BrN4O5. The average molecular weight is 413 g/mol. The molecule has 4 heterocycles. The zero-order valence-corrected chi connectivity index (χ0v) is 15.5. The lowest BCUT2D eigenvalue weighted by Crippen LogP contribution is -2.33. The fourth-order valence-corrected chi connectivity index (χ4v) is 3.48. The number of halogens is 1. The third-order valence-corrected chi connectivity index (χ3v) is 4.52. The average Bonchev–Trinajstić information content (AvgIpc) is 3.16. The predicted octanol–water partition coefficient (Wildman–Crippen LogP) is 1.57. The Bertz CT molecular complexity index is 825. The maximum atomic E-state index is 11.2. The number of esters is 1. The van der Waals surface area contributed by atoms with Crippen LogP contribution in [-0.2, 0) is 23.7 Å². The molecule has 2 aliphatic rings. The fraction of sp³-hybridized carbons (Fsp3) is 0.600. The second kappa shape index (κ2) is 5.97. The van der Waals surface area contributed by atoms with Gasteiger partial charge in [0.15, 0.2) is 22.4 Å². The maximum Gasteiger partial charge on any atom is 0.302 e. The maximum absolute atomic E-state index is 11.2. The third kappa shape index (κ3) is 3.03. The molecule has 0 spiro atoms. The molecule has 0 unspecified atom stereocenters. The fourth-order valence-electron chi connectivity index (χ4n) is 3.21. The smallest absolute Gasteiger partial charge is 0.302 e. The molecule has 0 aliphatic carbocycles. The minimum atomic E-state index is -0.752. The van der Waals surface area contributed by atoms with Crippen LogP contribution >= 0.6 is 15.9 Å². The quantitative estimate of drug-likeness (QED) is 0.553. The molecule has 4 atom stereocenters. The van der Waals surface area contributed by atoms with E-state index in [1.54, 1.807) is 17.1 Å². The van der Waals surface area contributed by atoms with Gasteiger partial charge in [0, 0.05) is 6.92 Å². The summed E-state index contributed by atoms with van der Waals surface area (Å²) in [5, 5.41) is 0. The highest BCUT2D eigenvalue weighted by molar-refractivity contribution is 9.10. The number of carbonyl (C=O) groups excluding carboxylic acids is 1. The summed E-state index contributed by atoms with van der Waals surface area (Å²) in [4.78, 5) is 23.9. The molecule has 2 aromatic rings. The van der Waals surface area contributed by atoms with Crippen LogP contribution < -0.4 is 0 Å². The SMILES string of the molecule is CC(=O)OC[C@H]1O[C@@H](n2cnc3cnc(Br)nc32)[C@@H]2OC(C)(C)O[C@@H]21. The Labute approximate surface area is 151 Å². The Hall–Kier alpha value is -1.62. The van der Waals surface area contributed by atoms with Gasteiger partial charge in [-0.15, -0.1) is 0 Å². The van der Waals surface area contributed by atoms with Gasteiger partial charge < -0.3 is 18.9 Å². The summed E-state index contributed by atoms with van der Waals surface area (Å²) in [7, 11) is 0. The van der Waals surface area contributed by atoms with E-state index in [0.717, 1.165) is 0 Å². The second-order valence-electron chi connectivity index (χ2n) is 6.43. The molecule has 0 bridgehead atoms. The standard InChI is InChI=1S/C15H17BrN4O5/c1-7(21)22-5-9-10-11(25-15(2,3)24-10)13(23-9)20-6-18-8-4-17-14(16)19-12(8)20/h4,6,9-11,13H,5H2,1-3H3/t9-,10-,11-,13-/m1/s1. The van der Waals surface area contributed by atoms with Crippen LogP contribution in [0, 0.1) is 0 Å². The second-order valence-corrected chi connectivity index (χ2v) is 7.14. The van der Waals surface area contributed by atoms with Crippen LogP contribution in [0.3, 0.4) is 0 Å². The Morgan fingerprint density at radius 3 is 2.88 bits per heavy atom. The molecule has 134 valence electrons. The first kappa shape index (κ1) is 16.8. The number of imidazole rings is 1. The van der Waals surface area contributed by atoms with Gasteiger partial charge >= 0.3 is 5.97 Å². The van der Waals surface area contributed by atoms with Crippen LogP contribution in [0.4, 0.5) is 0 Å². The lowest BCUT2D eigenvalue weighted by Gasteiger charge is -2.24. The van der Waals surface area contributed by atoms with Crippen molar-refractivity contribution in [3.63, 3.8) is 0 Å². The largest absolute Gasteiger partial charge is 0.463 e. The van der Waals surface area contributed by atoms with Crippen molar-refractivity contribution >= 4 is 33.1 Å². The number of ether oxygens (including phenoxy) is 4. The van der Waals surface area contributed by atoms with E-state index < -0.39 is 18.1 Å². The zero-order valence-electron chi connectivity index (χ0n) is 13.9. The van der Waals surface area contributed by atoms with E-state index in [-0.39, 0.29) is 24.8 Å². The van der Waals surface area contributed by atoms with Gasteiger partial charge in [0.2, 0.25) is 0 Å². The summed E-state index contributed by atoms with van der Waals surface area (Å²) in [5.74, 6) is -1.12. The van der Waals surface area contributed by atoms with Crippen LogP contribution in [0.25, 0.3) is 11.2 Å². The van der Waals surface area contributed by atoms with E-state index in [1.165, 1.54) is 6.92 Å². The number of rotatable bonds is 3. The summed E-state index contributed by atoms with van der Waals surface area (Å²) in [6.45, 7) is 5.14. The minimum absolute atomic E-state index is 0.0950. The first-order chi connectivity index (χ1) is 11.8. The van der Waals surface area contributed by atoms with E-state index in [9.17, 15) is 4.79 Å². The van der Waals surface area contributed by atoms with Crippen molar-refractivity contribution in [1.29, 1.82) is 0 Å². The number of hydrogen-bond donors (Lipinski definition) is 0. The molecule has 0 radical (unpaired) electrons. The molecule has 25 heavy (non-hydrogen) atoms. The van der Waals surface area contributed by atoms with E-state index in [0.29, 0.717) is 15.9 Å². The molecule has 9 nitrogen and oxygen atoms in total. The summed E-state index contributed by atoms with van der Waals surface area (Å²) in [5.41, 5.74) is 1.26. The van der Waals surface area contributed by atoms with Crippen molar-refractivity contribution in [3.8, 4) is 0 Å². The van der Waals surface area contributed by atoms with Crippen LogP contribution in [0.1, 0.15) is 27.0 Å². The molecule has 0 saturated carbocycles. The number of carbonyl (C=O) groups is 1. The highest BCUT2D eigenvalue weighted by atomic mass is 79.9. The molecule has 2 aliphatic heterocycles. The van der Waals surface area contributed by atoms with E-state index in [4.69, 9.17) is 18.9 Å². The molecule has 0 amide bonds. The van der Waals surface area contributed by atoms with Crippen molar-refractivity contribution in [3.05, 3.63) is 17.3 Å². The van der Waals surface area contributed by atoms with E-state index >= 15 is 0 Å². The first-order valence-corrected chi connectivity index (χ1v) is 8.63. The van der Waals surface area contributed by atoms with Gasteiger partial charge in [-0.1, -0.05) is 0 Å². The van der Waals surface area contributed by atoms with Crippen molar-refractivity contribution in [1.82, 2.24) is 19.5 Å². The van der Waals surface area contributed by atoms with Gasteiger partial charge in [-0.2, -0.15) is 0 Å². The summed E-state index contributed by atoms with van der Waals surface area (Å²) in [6, 6.07) is 0. The topological polar surface area (TPSA) is 97.6 Å². The summed E-state index contributed by atoms with van der Waals surface area (Å²) < 4.78 is 25.4. The number of fused-ring (bicyclic) bond motifs is 2. The van der Waals surface area contributed by atoms with Crippen LogP contribution in [0.5, 0.6) is 0 Å². The molecule has 2 fully saturated rings. The van der Waals surface area contributed by atoms with Gasteiger partial charge in [-0.25, -0.2) is 15.0 Å². The highest BCUT2D eigenvalue weighted by Gasteiger charge is 2.56. The predicted molar refractivity (Wildman–Crippen MR) is 87.4 cm³/mol. The molecule has 0 N–H and O–H groups in total. The van der Waals surface area contributed by atoms with Crippen molar-refractivity contribution in [2.24, 2.45) is 0 Å². The molecule has 4 rings (SSSR count). The minimum Gasteiger partial charge on any atom is -0.463 e. The first-order valence-electron chi connectivity index (χ1n) is 7.83. The zero-order chi connectivity index (χ0) is 17.8. The molecule has 2 saturated heterocycles. The Kier molecular flexibility index (Phi) is 4.02. The Balaban J connectivity index is 1.68. The number of nitrogens with zero attached hydrogens (tertiary/aromatic N) is 4. The molecular weight excluding hydrogens is 396 g/mol. The number of aromatic nitrogens is 4. The van der Waals surface area contributed by atoms with Crippen LogP contribution in [0.2, 0.25) is 0 Å². The Morgan fingerprint density at radius 2 is 2.12 bits per heavy atom. The normalized spacial score (nSPS) is 30.6. The lowest BCUT2D eigenvalue weighted by atomic mass is 10.1. The summed E-state index contributed by atoms with van der Waals surface area (Å²) in [6.07, 6.45) is 1.59. The molecule has 2 aromatic heterocycles. The Morgan fingerprint density at radius 1 is 1.36 bits per heavy atom. The van der Waals surface area contributed by atoms with Gasteiger partial charge in [0.1, 0.15) is 30.4 Å². The summed E-state index contributed by atoms with van der Waals surface area (Å²) >= 11 is 3.27. The van der Waals surface area contributed by atoms with Gasteiger partial charge in [-0.05, 0) is 29.8 Å². The van der Waals surface area contributed by atoms with Gasteiger partial charge in [0.05, 0.1) is 12.5 Å². The van der Waals surface area contributed by atoms with Crippen LogP contribution in [-0.4, -0.2) is 56.2 Å². The molecule has 0 aromatic carbocycles. The van der Waals surface area contributed by atoms with Gasteiger partial charge in [0.25, 0.3) is 0 Å². The highest BCUT2D eigenvalue weighted by Crippen LogP contribution is 2.43. The van der Waals surface area contributed by atoms with Crippen molar-refractivity contribution in [2.75, 3.05) is 6.61 Å². The van der Waals surface area contributed by atoms with E-state index in [2.05, 4.69) is 30.9 Å². The monoisotopic (exact) mass is 412 g/mol. The van der Waals surface area contributed by atoms with Gasteiger partial charge in [-0.3, -0.25) is 9.36 Å². The van der Waals surface area contributed by atoms with Crippen molar-refractivity contribution < 1.29 is 23.7 Å². The van der Waals surface area contributed by atoms with Crippen LogP contribution in [0.15, 0.2) is 17.3 Å². The van der Waals surface area contributed by atoms with Crippen molar-refractivity contribution in [2.45, 2.75) is 51.1 Å². The van der Waals surface area contributed by atoms with E-state index in [1.807, 2.05) is 13.8 Å². The third-order valence-electron chi connectivity index (χ3n) is 4.14. The molecule has 10 heteroatoms. The number of hydrogen-bond acceptors (Lipinski definition) is 8. The lowest BCUT2D eigenvalue weighted by molar-refractivity contribution is -0.201.